The summed E-state index contributed by atoms with van der Waals surface area (Å²) in [6, 6.07) is 5.34. The molecule has 4 nitrogen and oxygen atoms in total. The minimum Gasteiger partial charge on any atom is -0.399 e. The van der Waals surface area contributed by atoms with E-state index in [9.17, 15) is 4.79 Å². The summed E-state index contributed by atoms with van der Waals surface area (Å²) in [7, 11) is 1.63. The van der Waals surface area contributed by atoms with Crippen LogP contribution in [0.25, 0.3) is 0 Å². The number of hydrogen-bond donors (Lipinski definition) is 3. The number of amides is 1. The average molecular weight is 247 g/mol. The summed E-state index contributed by atoms with van der Waals surface area (Å²) in [5.41, 5.74) is 8.29. The molecule has 1 aromatic carbocycles. The molecule has 0 aliphatic heterocycles. The number of nitrogen functional groups attached to an aromatic ring is 1. The Morgan fingerprint density at radius 1 is 1.44 bits per heavy atom. The Bertz CT molecular complexity index is 452. The van der Waals surface area contributed by atoms with Crippen molar-refractivity contribution in [2.75, 3.05) is 24.6 Å². The first-order valence-electron chi connectivity index (χ1n) is 6.40. The molecule has 2 rings (SSSR count). The van der Waals surface area contributed by atoms with E-state index in [0.29, 0.717) is 16.7 Å². The standard InChI is InChI=1S/C14H21N3O/c1-14(6-3-7-14)9-17-12-8-10(15)4-5-11(12)13(18)16-2/h4-5,8,17H,3,6-7,9,15H2,1-2H3,(H,16,18). The normalized spacial score (nSPS) is 16.8. The summed E-state index contributed by atoms with van der Waals surface area (Å²) in [6.07, 6.45) is 3.80. The van der Waals surface area contributed by atoms with Crippen LogP contribution in [-0.4, -0.2) is 19.5 Å². The van der Waals surface area contributed by atoms with Crippen LogP contribution in [0.5, 0.6) is 0 Å². The molecule has 4 N–H and O–H groups in total. The molecule has 1 fully saturated rings. The van der Waals surface area contributed by atoms with Gasteiger partial charge in [-0.2, -0.15) is 0 Å². The minimum absolute atomic E-state index is 0.0868. The van der Waals surface area contributed by atoms with Gasteiger partial charge in [-0.05, 0) is 36.5 Å². The zero-order chi connectivity index (χ0) is 13.2. The third kappa shape index (κ3) is 2.58. The maximum Gasteiger partial charge on any atom is 0.253 e. The highest BCUT2D eigenvalue weighted by Gasteiger charge is 2.31. The van der Waals surface area contributed by atoms with Gasteiger partial charge in [0, 0.05) is 25.0 Å². The van der Waals surface area contributed by atoms with Crippen molar-refractivity contribution in [3.05, 3.63) is 23.8 Å². The molecule has 0 unspecified atom stereocenters. The Morgan fingerprint density at radius 3 is 2.72 bits per heavy atom. The van der Waals surface area contributed by atoms with Gasteiger partial charge in [0.2, 0.25) is 0 Å². The first-order valence-corrected chi connectivity index (χ1v) is 6.40. The third-order valence-corrected chi connectivity index (χ3v) is 3.78. The van der Waals surface area contributed by atoms with E-state index < -0.39 is 0 Å². The topological polar surface area (TPSA) is 67.2 Å². The second kappa shape index (κ2) is 4.88. The largest absolute Gasteiger partial charge is 0.399 e. The lowest BCUT2D eigenvalue weighted by Gasteiger charge is -2.38. The Balaban J connectivity index is 2.14. The van der Waals surface area contributed by atoms with Crippen LogP contribution in [0.15, 0.2) is 18.2 Å². The second-order valence-corrected chi connectivity index (χ2v) is 5.40. The fraction of sp³-hybridized carbons (Fsp3) is 0.500. The van der Waals surface area contributed by atoms with Gasteiger partial charge in [0.1, 0.15) is 0 Å². The Kier molecular flexibility index (Phi) is 3.45. The molecule has 1 aliphatic carbocycles. The van der Waals surface area contributed by atoms with Crippen LogP contribution in [0.1, 0.15) is 36.5 Å². The summed E-state index contributed by atoms with van der Waals surface area (Å²) < 4.78 is 0. The van der Waals surface area contributed by atoms with E-state index in [1.165, 1.54) is 19.3 Å². The molecule has 0 heterocycles. The average Bonchev–Trinajstić information content (AvgIpc) is 2.33. The van der Waals surface area contributed by atoms with Crippen LogP contribution in [0.3, 0.4) is 0 Å². The fourth-order valence-electron chi connectivity index (χ4n) is 2.31. The molecule has 1 aliphatic rings. The number of nitrogens with two attached hydrogens (primary N) is 1. The lowest BCUT2D eigenvalue weighted by molar-refractivity contribution is 0.0963. The molecule has 0 spiro atoms. The quantitative estimate of drug-likeness (QED) is 0.715. The van der Waals surface area contributed by atoms with Crippen LogP contribution in [-0.2, 0) is 0 Å². The predicted octanol–water partition coefficient (Wildman–Crippen LogP) is 2.23. The van der Waals surface area contributed by atoms with Gasteiger partial charge in [-0.1, -0.05) is 13.3 Å². The summed E-state index contributed by atoms with van der Waals surface area (Å²) in [6.45, 7) is 3.16. The third-order valence-electron chi connectivity index (χ3n) is 3.78. The lowest BCUT2D eigenvalue weighted by Crippen LogP contribution is -2.33. The molecule has 1 aromatic rings. The van der Waals surface area contributed by atoms with Crippen LogP contribution >= 0.6 is 0 Å². The minimum atomic E-state index is -0.0868. The van der Waals surface area contributed by atoms with E-state index in [2.05, 4.69) is 17.6 Å². The monoisotopic (exact) mass is 247 g/mol. The van der Waals surface area contributed by atoms with Crippen molar-refractivity contribution in [2.45, 2.75) is 26.2 Å². The van der Waals surface area contributed by atoms with Crippen LogP contribution in [0.2, 0.25) is 0 Å². The number of carbonyl (C=O) groups excluding carboxylic acids is 1. The predicted molar refractivity (Wildman–Crippen MR) is 74.7 cm³/mol. The first kappa shape index (κ1) is 12.7. The Morgan fingerprint density at radius 2 is 2.17 bits per heavy atom. The molecule has 0 bridgehead atoms. The van der Waals surface area contributed by atoms with Crippen molar-refractivity contribution >= 4 is 17.3 Å². The number of anilines is 2. The molecular weight excluding hydrogens is 226 g/mol. The van der Waals surface area contributed by atoms with Gasteiger partial charge in [0.05, 0.1) is 5.56 Å². The molecule has 0 aromatic heterocycles. The Hall–Kier alpha value is -1.71. The van der Waals surface area contributed by atoms with E-state index in [1.54, 1.807) is 19.2 Å². The van der Waals surface area contributed by atoms with Gasteiger partial charge < -0.3 is 16.4 Å². The van der Waals surface area contributed by atoms with Gasteiger partial charge in [-0.25, -0.2) is 0 Å². The van der Waals surface area contributed by atoms with E-state index in [4.69, 9.17) is 5.73 Å². The van der Waals surface area contributed by atoms with Crippen LogP contribution in [0.4, 0.5) is 11.4 Å². The second-order valence-electron chi connectivity index (χ2n) is 5.40. The zero-order valence-electron chi connectivity index (χ0n) is 11.0. The van der Waals surface area contributed by atoms with Crippen LogP contribution < -0.4 is 16.4 Å². The van der Waals surface area contributed by atoms with E-state index >= 15 is 0 Å². The molecule has 0 atom stereocenters. The number of carbonyl (C=O) groups is 1. The van der Waals surface area contributed by atoms with Crippen molar-refractivity contribution in [3.63, 3.8) is 0 Å². The van der Waals surface area contributed by atoms with Gasteiger partial charge in [0.15, 0.2) is 0 Å². The molecule has 1 saturated carbocycles. The van der Waals surface area contributed by atoms with Gasteiger partial charge in [-0.3, -0.25) is 4.79 Å². The van der Waals surface area contributed by atoms with E-state index in [1.807, 2.05) is 6.07 Å². The molecule has 0 radical (unpaired) electrons. The van der Waals surface area contributed by atoms with Crippen molar-refractivity contribution in [1.29, 1.82) is 0 Å². The van der Waals surface area contributed by atoms with Crippen LogP contribution in [0, 0.1) is 5.41 Å². The highest BCUT2D eigenvalue weighted by Crippen LogP contribution is 2.40. The van der Waals surface area contributed by atoms with E-state index in [-0.39, 0.29) is 5.91 Å². The SMILES string of the molecule is CNC(=O)c1ccc(N)cc1NCC1(C)CCC1. The highest BCUT2D eigenvalue weighted by molar-refractivity contribution is 6.00. The zero-order valence-corrected chi connectivity index (χ0v) is 11.0. The fourth-order valence-corrected chi connectivity index (χ4v) is 2.31. The molecule has 18 heavy (non-hydrogen) atoms. The summed E-state index contributed by atoms with van der Waals surface area (Å²) >= 11 is 0. The maximum absolute atomic E-state index is 11.8. The summed E-state index contributed by atoms with van der Waals surface area (Å²) in [5.74, 6) is -0.0868. The molecule has 0 saturated heterocycles. The summed E-state index contributed by atoms with van der Waals surface area (Å²) in [4.78, 5) is 11.8. The van der Waals surface area contributed by atoms with Gasteiger partial charge in [-0.15, -0.1) is 0 Å². The van der Waals surface area contributed by atoms with Crippen molar-refractivity contribution in [3.8, 4) is 0 Å². The van der Waals surface area contributed by atoms with Crippen molar-refractivity contribution < 1.29 is 4.79 Å². The number of nitrogens with one attached hydrogen (secondary N) is 2. The summed E-state index contributed by atoms with van der Waals surface area (Å²) in [5, 5.41) is 6.02. The van der Waals surface area contributed by atoms with Crippen molar-refractivity contribution in [2.24, 2.45) is 5.41 Å². The number of benzene rings is 1. The number of hydrogen-bond acceptors (Lipinski definition) is 3. The van der Waals surface area contributed by atoms with Gasteiger partial charge >= 0.3 is 0 Å². The van der Waals surface area contributed by atoms with Gasteiger partial charge in [0.25, 0.3) is 5.91 Å². The van der Waals surface area contributed by atoms with Crippen molar-refractivity contribution in [1.82, 2.24) is 5.32 Å². The molecule has 98 valence electrons. The lowest BCUT2D eigenvalue weighted by atomic mass is 9.70. The first-order chi connectivity index (χ1) is 8.54. The highest BCUT2D eigenvalue weighted by atomic mass is 16.1. The molecular formula is C14H21N3O. The van der Waals surface area contributed by atoms with E-state index in [0.717, 1.165) is 12.2 Å². The Labute approximate surface area is 108 Å². The smallest absolute Gasteiger partial charge is 0.253 e. The molecule has 4 heteroatoms. The molecule has 1 amide bonds. The maximum atomic E-state index is 11.8. The number of rotatable bonds is 4.